The van der Waals surface area contributed by atoms with E-state index in [1.54, 1.807) is 0 Å². The first-order valence-electron chi connectivity index (χ1n) is 13.7. The minimum atomic E-state index is -0.264. The lowest BCUT2D eigenvalue weighted by molar-refractivity contribution is 0.203. The molecular weight excluding hydrogens is 490 g/mol. The highest BCUT2D eigenvalue weighted by molar-refractivity contribution is 5.80. The first kappa shape index (κ1) is 27.1. The SMILES string of the molecule is Cc1ccc(C)c(-c2cc(C)ccc2CC(N)N(C)N/C(=C\c2cc(-c3ccccc3)n[nH]2)c2ccccc2)c1. The fourth-order valence-corrected chi connectivity index (χ4v) is 4.90. The van der Waals surface area contributed by atoms with Crippen molar-refractivity contribution in [1.82, 2.24) is 20.6 Å². The number of nitrogens with one attached hydrogen (secondary N) is 2. The normalized spacial score (nSPS) is 12.5. The van der Waals surface area contributed by atoms with Gasteiger partial charge in [-0.15, -0.1) is 0 Å². The van der Waals surface area contributed by atoms with Crippen molar-refractivity contribution >= 4 is 11.8 Å². The molecule has 1 unspecified atom stereocenters. The molecule has 0 amide bonds. The summed E-state index contributed by atoms with van der Waals surface area (Å²) in [7, 11) is 2.00. The monoisotopic (exact) mass is 527 g/mol. The van der Waals surface area contributed by atoms with E-state index in [-0.39, 0.29) is 6.17 Å². The van der Waals surface area contributed by atoms with Gasteiger partial charge in [-0.2, -0.15) is 5.10 Å². The van der Waals surface area contributed by atoms with Gasteiger partial charge in [0.1, 0.15) is 0 Å². The standard InChI is InChI=1S/C35H37N5/c1-24-15-17-26(3)31(19-24)32-20-25(2)16-18-29(32)21-35(36)40(4)39-34(28-13-9-6-10-14-28)23-30-22-33(38-37-30)27-11-7-5-8-12-27/h5-20,22-23,35,39H,21,36H2,1-4H3,(H,37,38)/b34-23-. The smallest absolute Gasteiger partial charge is 0.0927 e. The van der Waals surface area contributed by atoms with Crippen LogP contribution in [0.3, 0.4) is 0 Å². The molecule has 5 nitrogen and oxygen atoms in total. The van der Waals surface area contributed by atoms with Gasteiger partial charge in [-0.3, -0.25) is 5.10 Å². The molecule has 4 aromatic carbocycles. The van der Waals surface area contributed by atoms with Crippen molar-refractivity contribution in [2.45, 2.75) is 33.4 Å². The zero-order valence-electron chi connectivity index (χ0n) is 23.6. The van der Waals surface area contributed by atoms with E-state index < -0.39 is 0 Å². The number of aromatic amines is 1. The number of likely N-dealkylation sites (N-methyl/N-ethyl adjacent to an activating group) is 1. The van der Waals surface area contributed by atoms with E-state index in [1.807, 2.05) is 48.5 Å². The minimum absolute atomic E-state index is 0.264. The van der Waals surface area contributed by atoms with E-state index in [9.17, 15) is 0 Å². The second-order valence-corrected chi connectivity index (χ2v) is 10.5. The molecule has 1 aromatic heterocycles. The maximum absolute atomic E-state index is 6.82. The van der Waals surface area contributed by atoms with Crippen molar-refractivity contribution < 1.29 is 0 Å². The third-order valence-electron chi connectivity index (χ3n) is 7.22. The van der Waals surface area contributed by atoms with Crippen molar-refractivity contribution in [3.63, 3.8) is 0 Å². The van der Waals surface area contributed by atoms with Crippen LogP contribution in [0.15, 0.2) is 103 Å². The zero-order chi connectivity index (χ0) is 28.1. The van der Waals surface area contributed by atoms with E-state index in [4.69, 9.17) is 5.73 Å². The lowest BCUT2D eigenvalue weighted by atomic mass is 9.91. The van der Waals surface area contributed by atoms with Crippen LogP contribution in [0, 0.1) is 20.8 Å². The number of nitrogens with two attached hydrogens (primary N) is 1. The molecule has 5 aromatic rings. The van der Waals surface area contributed by atoms with Crippen LogP contribution in [0.1, 0.15) is 33.5 Å². The maximum Gasteiger partial charge on any atom is 0.0927 e. The topological polar surface area (TPSA) is 70.0 Å². The van der Waals surface area contributed by atoms with Gasteiger partial charge >= 0.3 is 0 Å². The molecule has 5 rings (SSSR count). The summed E-state index contributed by atoms with van der Waals surface area (Å²) in [5.74, 6) is 0. The van der Waals surface area contributed by atoms with Gasteiger partial charge in [-0.25, -0.2) is 5.01 Å². The Hall–Kier alpha value is -4.45. The van der Waals surface area contributed by atoms with Gasteiger partial charge in [-0.1, -0.05) is 108 Å². The van der Waals surface area contributed by atoms with Gasteiger partial charge in [-0.05, 0) is 60.7 Å². The predicted octanol–water partition coefficient (Wildman–Crippen LogP) is 7.13. The molecule has 5 heteroatoms. The minimum Gasteiger partial charge on any atom is -0.317 e. The molecule has 0 spiro atoms. The highest BCUT2D eigenvalue weighted by atomic mass is 15.5. The molecule has 0 aliphatic heterocycles. The van der Waals surface area contributed by atoms with Crippen LogP contribution in [0.5, 0.6) is 0 Å². The predicted molar refractivity (Wildman–Crippen MR) is 167 cm³/mol. The highest BCUT2D eigenvalue weighted by Gasteiger charge is 2.17. The number of benzene rings is 4. The molecule has 0 saturated carbocycles. The third-order valence-corrected chi connectivity index (χ3v) is 7.22. The van der Waals surface area contributed by atoms with Gasteiger partial charge in [0.25, 0.3) is 0 Å². The van der Waals surface area contributed by atoms with Crippen molar-refractivity contribution in [3.05, 3.63) is 137 Å². The van der Waals surface area contributed by atoms with Gasteiger partial charge in [0.05, 0.1) is 23.3 Å². The average Bonchev–Trinajstić information content (AvgIpc) is 3.44. The summed E-state index contributed by atoms with van der Waals surface area (Å²) in [6, 6.07) is 35.8. The van der Waals surface area contributed by atoms with Crippen LogP contribution in [0.4, 0.5) is 0 Å². The quantitative estimate of drug-likeness (QED) is 0.141. The fourth-order valence-electron chi connectivity index (χ4n) is 4.90. The van der Waals surface area contributed by atoms with Crippen molar-refractivity contribution in [1.29, 1.82) is 0 Å². The van der Waals surface area contributed by atoms with E-state index in [0.29, 0.717) is 6.42 Å². The van der Waals surface area contributed by atoms with E-state index in [2.05, 4.69) is 109 Å². The number of aryl methyl sites for hydroxylation is 3. The summed E-state index contributed by atoms with van der Waals surface area (Å²) in [6.07, 6.45) is 2.50. The molecule has 0 fully saturated rings. The van der Waals surface area contributed by atoms with Crippen LogP contribution >= 0.6 is 0 Å². The number of rotatable bonds is 9. The Morgan fingerprint density at radius 3 is 2.23 bits per heavy atom. The molecule has 0 saturated heterocycles. The number of hydrogen-bond donors (Lipinski definition) is 3. The molecule has 202 valence electrons. The summed E-state index contributed by atoms with van der Waals surface area (Å²) >= 11 is 0. The summed E-state index contributed by atoms with van der Waals surface area (Å²) in [5, 5.41) is 9.68. The molecule has 0 aliphatic carbocycles. The van der Waals surface area contributed by atoms with Gasteiger partial charge in [0.2, 0.25) is 0 Å². The highest BCUT2D eigenvalue weighted by Crippen LogP contribution is 2.30. The Morgan fingerprint density at radius 1 is 0.850 bits per heavy atom. The van der Waals surface area contributed by atoms with Crippen LogP contribution in [-0.2, 0) is 6.42 Å². The Labute approximate surface area is 237 Å². The average molecular weight is 528 g/mol. The lowest BCUT2D eigenvalue weighted by Crippen LogP contribution is -2.48. The van der Waals surface area contributed by atoms with Crippen molar-refractivity contribution in [2.24, 2.45) is 5.73 Å². The number of H-pyrrole nitrogens is 1. The van der Waals surface area contributed by atoms with Gasteiger partial charge in [0.15, 0.2) is 0 Å². The summed E-state index contributed by atoms with van der Waals surface area (Å²) in [5.41, 5.74) is 22.8. The van der Waals surface area contributed by atoms with Crippen molar-refractivity contribution in [2.75, 3.05) is 7.05 Å². The summed E-state index contributed by atoms with van der Waals surface area (Å²) < 4.78 is 0. The molecular formula is C35H37N5. The van der Waals surface area contributed by atoms with Crippen LogP contribution < -0.4 is 11.2 Å². The molecule has 0 aliphatic rings. The van der Waals surface area contributed by atoms with Crippen LogP contribution in [-0.4, -0.2) is 28.4 Å². The first-order chi connectivity index (χ1) is 19.4. The number of nitrogens with zero attached hydrogens (tertiary/aromatic N) is 2. The van der Waals surface area contributed by atoms with E-state index in [0.717, 1.165) is 28.2 Å². The Balaban J connectivity index is 1.40. The number of hydrazine groups is 1. The first-order valence-corrected chi connectivity index (χ1v) is 13.7. The second-order valence-electron chi connectivity index (χ2n) is 10.5. The van der Waals surface area contributed by atoms with Gasteiger partial charge in [0, 0.05) is 19.0 Å². The second kappa shape index (κ2) is 12.2. The Bertz CT molecular complexity index is 1600. The van der Waals surface area contributed by atoms with Crippen LogP contribution in [0.25, 0.3) is 34.2 Å². The molecule has 4 N–H and O–H groups in total. The van der Waals surface area contributed by atoms with E-state index in [1.165, 1.54) is 33.4 Å². The summed E-state index contributed by atoms with van der Waals surface area (Å²) in [4.78, 5) is 0. The van der Waals surface area contributed by atoms with Crippen molar-refractivity contribution in [3.8, 4) is 22.4 Å². The van der Waals surface area contributed by atoms with E-state index >= 15 is 0 Å². The number of aromatic nitrogens is 2. The number of hydrogen-bond acceptors (Lipinski definition) is 4. The lowest BCUT2D eigenvalue weighted by Gasteiger charge is -2.28. The Morgan fingerprint density at radius 2 is 1.50 bits per heavy atom. The molecule has 0 radical (unpaired) electrons. The fraction of sp³-hybridized carbons (Fsp3) is 0.171. The molecule has 1 heterocycles. The molecule has 0 bridgehead atoms. The van der Waals surface area contributed by atoms with Gasteiger partial charge < -0.3 is 11.2 Å². The van der Waals surface area contributed by atoms with Crippen LogP contribution in [0.2, 0.25) is 0 Å². The molecule has 1 atom stereocenters. The zero-order valence-corrected chi connectivity index (χ0v) is 23.6. The maximum atomic E-state index is 6.82. The molecule has 40 heavy (non-hydrogen) atoms. The summed E-state index contributed by atoms with van der Waals surface area (Å²) in [6.45, 7) is 6.45. The Kier molecular flexibility index (Phi) is 8.25. The third kappa shape index (κ3) is 6.40. The largest absolute Gasteiger partial charge is 0.317 e.